The summed E-state index contributed by atoms with van der Waals surface area (Å²) in [6.45, 7) is 2.33. The molecule has 22 heavy (non-hydrogen) atoms. The molecule has 0 unspecified atom stereocenters. The van der Waals surface area contributed by atoms with Crippen LogP contribution in [0.15, 0.2) is 28.7 Å². The third-order valence-corrected chi connectivity index (χ3v) is 4.83. The number of amides is 2. The smallest absolute Gasteiger partial charge is 0.236 e. The zero-order chi connectivity index (χ0) is 16.1. The van der Waals surface area contributed by atoms with Crippen LogP contribution in [0.5, 0.6) is 0 Å². The van der Waals surface area contributed by atoms with Gasteiger partial charge in [0.05, 0.1) is 12.5 Å². The fourth-order valence-electron chi connectivity index (χ4n) is 2.71. The maximum Gasteiger partial charge on any atom is 0.236 e. The average Bonchev–Trinajstić information content (AvgIpc) is 2.49. The molecule has 6 heteroatoms. The lowest BCUT2D eigenvalue weighted by Gasteiger charge is -2.31. The molecule has 0 aromatic heterocycles. The topological polar surface area (TPSA) is 66.6 Å². The Bertz CT molecular complexity index is 550. The molecule has 2 amide bonds. The van der Waals surface area contributed by atoms with E-state index in [-0.39, 0.29) is 17.7 Å². The van der Waals surface area contributed by atoms with Crippen LogP contribution in [-0.4, -0.2) is 48.3 Å². The van der Waals surface area contributed by atoms with Crippen molar-refractivity contribution >= 4 is 27.7 Å². The maximum atomic E-state index is 12.4. The van der Waals surface area contributed by atoms with Crippen molar-refractivity contribution < 1.29 is 9.59 Å². The normalized spacial score (nSPS) is 18.9. The van der Waals surface area contributed by atoms with Crippen LogP contribution >= 0.6 is 15.9 Å². The number of nitrogens with two attached hydrogens (primary N) is 1. The van der Waals surface area contributed by atoms with E-state index in [1.807, 2.05) is 29.2 Å². The molecule has 1 heterocycles. The van der Waals surface area contributed by atoms with E-state index in [2.05, 4.69) is 15.9 Å². The molecular weight excluding hydrogens is 346 g/mol. The van der Waals surface area contributed by atoms with E-state index < -0.39 is 0 Å². The summed E-state index contributed by atoms with van der Waals surface area (Å²) in [5, 5.41) is 0. The Balaban J connectivity index is 1.88. The molecule has 1 aliphatic heterocycles. The van der Waals surface area contributed by atoms with Crippen LogP contribution in [0.3, 0.4) is 0 Å². The van der Waals surface area contributed by atoms with E-state index in [1.165, 1.54) is 0 Å². The van der Waals surface area contributed by atoms with Crippen LogP contribution in [0.1, 0.15) is 18.4 Å². The monoisotopic (exact) mass is 367 g/mol. The zero-order valence-corrected chi connectivity index (χ0v) is 14.4. The summed E-state index contributed by atoms with van der Waals surface area (Å²) in [4.78, 5) is 27.4. The summed E-state index contributed by atoms with van der Waals surface area (Å²) >= 11 is 3.50. The highest BCUT2D eigenvalue weighted by atomic mass is 79.9. The van der Waals surface area contributed by atoms with Crippen LogP contribution in [0, 0.1) is 5.92 Å². The molecule has 1 saturated heterocycles. The Morgan fingerprint density at radius 3 is 2.82 bits per heavy atom. The predicted octanol–water partition coefficient (Wildman–Crippen LogP) is 1.60. The molecule has 0 radical (unpaired) electrons. The minimum absolute atomic E-state index is 0.0564. The lowest BCUT2D eigenvalue weighted by atomic mass is 9.97. The first-order chi connectivity index (χ1) is 10.5. The number of carbonyl (C=O) groups excluding carboxylic acids is 2. The Hall–Kier alpha value is -1.40. The molecular formula is C16H22BrN3O2. The minimum Gasteiger partial charge on any atom is -0.369 e. The molecule has 1 atom stereocenters. The molecule has 5 nitrogen and oxygen atoms in total. The van der Waals surface area contributed by atoms with E-state index in [0.29, 0.717) is 19.6 Å². The standard InChI is InChI=1S/C16H22BrN3O2/c1-19(9-12-5-2-3-7-14(12)17)15(21)11-20-8-4-6-13(10-20)16(18)22/h2-3,5,7,13H,4,6,8-11H2,1H3,(H2,18,22)/t13-/m1/s1. The molecule has 2 rings (SSSR count). The van der Waals surface area contributed by atoms with Gasteiger partial charge < -0.3 is 10.6 Å². The average molecular weight is 368 g/mol. The Morgan fingerprint density at radius 2 is 2.14 bits per heavy atom. The third kappa shape index (κ3) is 4.55. The fraction of sp³-hybridized carbons (Fsp3) is 0.500. The highest BCUT2D eigenvalue weighted by Crippen LogP contribution is 2.18. The Labute approximate surface area is 139 Å². The highest BCUT2D eigenvalue weighted by Gasteiger charge is 2.25. The van der Waals surface area contributed by atoms with E-state index in [1.54, 1.807) is 11.9 Å². The molecule has 0 saturated carbocycles. The van der Waals surface area contributed by atoms with Crippen LogP contribution in [0.4, 0.5) is 0 Å². The van der Waals surface area contributed by atoms with E-state index in [0.717, 1.165) is 29.4 Å². The summed E-state index contributed by atoms with van der Waals surface area (Å²) in [5.74, 6) is -0.338. The Morgan fingerprint density at radius 1 is 1.41 bits per heavy atom. The van der Waals surface area contributed by atoms with Crippen molar-refractivity contribution in [1.29, 1.82) is 0 Å². The van der Waals surface area contributed by atoms with Gasteiger partial charge in [-0.2, -0.15) is 0 Å². The number of rotatable bonds is 5. The number of primary amides is 1. The number of likely N-dealkylation sites (tertiary alicyclic amines) is 1. The highest BCUT2D eigenvalue weighted by molar-refractivity contribution is 9.10. The number of hydrogen-bond acceptors (Lipinski definition) is 3. The van der Waals surface area contributed by atoms with Gasteiger partial charge in [0.2, 0.25) is 11.8 Å². The van der Waals surface area contributed by atoms with Gasteiger partial charge in [0.25, 0.3) is 0 Å². The molecule has 0 bridgehead atoms. The van der Waals surface area contributed by atoms with Crippen molar-refractivity contribution in [3.63, 3.8) is 0 Å². The molecule has 2 N–H and O–H groups in total. The lowest BCUT2D eigenvalue weighted by molar-refractivity contribution is -0.133. The van der Waals surface area contributed by atoms with Crippen LogP contribution in [-0.2, 0) is 16.1 Å². The fourth-order valence-corrected chi connectivity index (χ4v) is 3.12. The molecule has 120 valence electrons. The van der Waals surface area contributed by atoms with Crippen LogP contribution in [0.2, 0.25) is 0 Å². The number of nitrogens with zero attached hydrogens (tertiary/aromatic N) is 2. The van der Waals surface area contributed by atoms with Gasteiger partial charge in [-0.15, -0.1) is 0 Å². The zero-order valence-electron chi connectivity index (χ0n) is 12.8. The number of carbonyl (C=O) groups is 2. The SMILES string of the molecule is CN(Cc1ccccc1Br)C(=O)CN1CCC[C@@H](C(N)=O)C1. The number of likely N-dealkylation sites (N-methyl/N-ethyl adjacent to an activating group) is 1. The molecule has 1 aliphatic rings. The molecule has 0 spiro atoms. The number of halogens is 1. The molecule has 0 aliphatic carbocycles. The van der Waals surface area contributed by atoms with Gasteiger partial charge in [-0.3, -0.25) is 14.5 Å². The van der Waals surface area contributed by atoms with Crippen molar-refractivity contribution in [1.82, 2.24) is 9.80 Å². The summed E-state index contributed by atoms with van der Waals surface area (Å²) in [7, 11) is 1.80. The summed E-state index contributed by atoms with van der Waals surface area (Å²) < 4.78 is 1.00. The first-order valence-electron chi connectivity index (χ1n) is 7.46. The van der Waals surface area contributed by atoms with Crippen molar-refractivity contribution in [2.75, 3.05) is 26.7 Å². The van der Waals surface area contributed by atoms with Gasteiger partial charge in [-0.05, 0) is 31.0 Å². The van der Waals surface area contributed by atoms with Gasteiger partial charge in [0.1, 0.15) is 0 Å². The van der Waals surface area contributed by atoms with Crippen molar-refractivity contribution in [3.05, 3.63) is 34.3 Å². The van der Waals surface area contributed by atoms with Crippen molar-refractivity contribution in [3.8, 4) is 0 Å². The molecule has 1 aromatic rings. The van der Waals surface area contributed by atoms with Crippen molar-refractivity contribution in [2.24, 2.45) is 11.7 Å². The molecule has 1 aromatic carbocycles. The van der Waals surface area contributed by atoms with E-state index >= 15 is 0 Å². The lowest BCUT2D eigenvalue weighted by Crippen LogP contribution is -2.45. The van der Waals surface area contributed by atoms with Crippen molar-refractivity contribution in [2.45, 2.75) is 19.4 Å². The number of piperidine rings is 1. The van der Waals surface area contributed by atoms with E-state index in [4.69, 9.17) is 5.73 Å². The number of hydrogen-bond donors (Lipinski definition) is 1. The minimum atomic E-state index is -0.265. The summed E-state index contributed by atoms with van der Waals surface area (Å²) in [6.07, 6.45) is 1.74. The summed E-state index contributed by atoms with van der Waals surface area (Å²) in [5.41, 5.74) is 6.45. The van der Waals surface area contributed by atoms with Gasteiger partial charge in [0.15, 0.2) is 0 Å². The first-order valence-corrected chi connectivity index (χ1v) is 8.25. The van der Waals surface area contributed by atoms with Gasteiger partial charge >= 0.3 is 0 Å². The second kappa shape index (κ2) is 7.74. The third-order valence-electron chi connectivity index (χ3n) is 4.06. The number of benzene rings is 1. The van der Waals surface area contributed by atoms with E-state index in [9.17, 15) is 9.59 Å². The predicted molar refractivity (Wildman–Crippen MR) is 89.0 cm³/mol. The maximum absolute atomic E-state index is 12.4. The first kappa shape index (κ1) is 17.0. The largest absolute Gasteiger partial charge is 0.369 e. The van der Waals surface area contributed by atoms with Gasteiger partial charge in [-0.1, -0.05) is 34.1 Å². The molecule has 1 fully saturated rings. The summed E-state index contributed by atoms with van der Waals surface area (Å²) in [6, 6.07) is 7.88. The Kier molecular flexibility index (Phi) is 5.97. The quantitative estimate of drug-likeness (QED) is 0.859. The second-order valence-electron chi connectivity index (χ2n) is 5.82. The second-order valence-corrected chi connectivity index (χ2v) is 6.67. The van der Waals surface area contributed by atoms with Crippen LogP contribution < -0.4 is 5.73 Å². The van der Waals surface area contributed by atoms with Crippen LogP contribution in [0.25, 0.3) is 0 Å². The van der Waals surface area contributed by atoms with Gasteiger partial charge in [-0.25, -0.2) is 0 Å². The van der Waals surface area contributed by atoms with Gasteiger partial charge in [0, 0.05) is 24.6 Å².